The van der Waals surface area contributed by atoms with Crippen molar-refractivity contribution in [3.8, 4) is 0 Å². The van der Waals surface area contributed by atoms with E-state index in [0.29, 0.717) is 12.1 Å². The minimum absolute atomic E-state index is 0.0110. The van der Waals surface area contributed by atoms with E-state index >= 15 is 0 Å². The second-order valence-corrected chi connectivity index (χ2v) is 7.09. The molecule has 1 unspecified atom stereocenters. The van der Waals surface area contributed by atoms with Crippen LogP contribution in [0, 0.1) is 0 Å². The molecule has 0 radical (unpaired) electrons. The van der Waals surface area contributed by atoms with Gasteiger partial charge in [-0.15, -0.1) is 0 Å². The molecule has 2 aromatic carbocycles. The van der Waals surface area contributed by atoms with Gasteiger partial charge in [-0.25, -0.2) is 0 Å². The summed E-state index contributed by atoms with van der Waals surface area (Å²) in [4.78, 5) is 23.7. The van der Waals surface area contributed by atoms with E-state index in [1.807, 2.05) is 19.1 Å². The number of benzene rings is 2. The highest BCUT2D eigenvalue weighted by molar-refractivity contribution is 5.98. The highest BCUT2D eigenvalue weighted by Gasteiger charge is 2.14. The molecule has 2 N–H and O–H groups in total. The fourth-order valence-electron chi connectivity index (χ4n) is 3.48. The van der Waals surface area contributed by atoms with Crippen LogP contribution in [0.4, 0.5) is 5.69 Å². The van der Waals surface area contributed by atoms with Gasteiger partial charge in [-0.05, 0) is 73.1 Å². The highest BCUT2D eigenvalue weighted by Crippen LogP contribution is 2.24. The third-order valence-electron chi connectivity index (χ3n) is 5.02. The summed E-state index contributed by atoms with van der Waals surface area (Å²) in [6.07, 6.45) is 6.36. The van der Waals surface area contributed by atoms with Gasteiger partial charge < -0.3 is 10.6 Å². The molecule has 2 aromatic rings. The minimum Gasteiger partial charge on any atom is -0.349 e. The molecular weight excluding hydrogens is 336 g/mol. The Bertz CT molecular complexity index is 840. The molecule has 27 heavy (non-hydrogen) atoms. The molecule has 0 saturated carbocycles. The first-order chi connectivity index (χ1) is 13.0. The van der Waals surface area contributed by atoms with Gasteiger partial charge in [-0.2, -0.15) is 0 Å². The van der Waals surface area contributed by atoms with Crippen molar-refractivity contribution in [3.05, 3.63) is 77.4 Å². The molecular formula is C23H26N2O2. The lowest BCUT2D eigenvalue weighted by molar-refractivity contribution is -0.121. The van der Waals surface area contributed by atoms with Gasteiger partial charge in [-0.3, -0.25) is 9.59 Å². The molecule has 0 heterocycles. The Morgan fingerprint density at radius 1 is 1.07 bits per heavy atom. The molecule has 0 fully saturated rings. The van der Waals surface area contributed by atoms with Crippen LogP contribution in [-0.2, 0) is 28.9 Å². The fraction of sp³-hybridized carbons (Fsp3) is 0.304. The molecule has 4 nitrogen and oxygen atoms in total. The highest BCUT2D eigenvalue weighted by atomic mass is 16.2. The van der Waals surface area contributed by atoms with Crippen molar-refractivity contribution in [2.75, 3.05) is 5.32 Å². The van der Waals surface area contributed by atoms with Crippen molar-refractivity contribution in [3.63, 3.8) is 0 Å². The zero-order chi connectivity index (χ0) is 19.2. The molecule has 1 atom stereocenters. The molecule has 0 bridgehead atoms. The molecule has 0 saturated heterocycles. The summed E-state index contributed by atoms with van der Waals surface area (Å²) < 4.78 is 0. The lowest BCUT2D eigenvalue weighted by Crippen LogP contribution is -2.28. The van der Waals surface area contributed by atoms with E-state index in [9.17, 15) is 9.59 Å². The Labute approximate surface area is 160 Å². The summed E-state index contributed by atoms with van der Waals surface area (Å²) in [5, 5.41) is 5.78. The lowest BCUT2D eigenvalue weighted by Gasteiger charge is -2.20. The summed E-state index contributed by atoms with van der Waals surface area (Å²) in [5.74, 6) is -0.262. The summed E-state index contributed by atoms with van der Waals surface area (Å²) in [5.41, 5.74) is 5.63. The van der Waals surface area contributed by atoms with E-state index < -0.39 is 0 Å². The third-order valence-corrected chi connectivity index (χ3v) is 5.02. The molecule has 0 aliphatic heterocycles. The Morgan fingerprint density at radius 3 is 2.48 bits per heavy atom. The SMILES string of the molecule is C=CC(=O)Nc1ccc(CC(=O)NC(C)c2ccc3c(c2)CCCC3)cc1. The van der Waals surface area contributed by atoms with E-state index in [2.05, 4.69) is 35.4 Å². The van der Waals surface area contributed by atoms with Crippen molar-refractivity contribution < 1.29 is 9.59 Å². The molecule has 3 rings (SSSR count). The van der Waals surface area contributed by atoms with Crippen molar-refractivity contribution in [2.45, 2.75) is 45.1 Å². The molecule has 1 aliphatic carbocycles. The summed E-state index contributed by atoms with van der Waals surface area (Å²) in [6.45, 7) is 5.45. The number of anilines is 1. The average molecular weight is 362 g/mol. The molecule has 0 aromatic heterocycles. The number of fused-ring (bicyclic) bond motifs is 1. The van der Waals surface area contributed by atoms with Gasteiger partial charge in [0.05, 0.1) is 12.5 Å². The van der Waals surface area contributed by atoms with Crippen LogP contribution in [0.25, 0.3) is 0 Å². The van der Waals surface area contributed by atoms with Crippen LogP contribution in [0.5, 0.6) is 0 Å². The fourth-order valence-corrected chi connectivity index (χ4v) is 3.48. The zero-order valence-corrected chi connectivity index (χ0v) is 15.8. The van der Waals surface area contributed by atoms with Gasteiger partial charge in [0.15, 0.2) is 0 Å². The Kier molecular flexibility index (Phi) is 6.07. The van der Waals surface area contributed by atoms with Gasteiger partial charge in [-0.1, -0.05) is 36.9 Å². The number of rotatable bonds is 6. The number of nitrogens with one attached hydrogen (secondary N) is 2. The molecule has 0 spiro atoms. The second kappa shape index (κ2) is 8.67. The van der Waals surface area contributed by atoms with Crippen LogP contribution in [0.2, 0.25) is 0 Å². The second-order valence-electron chi connectivity index (χ2n) is 7.09. The minimum atomic E-state index is -0.251. The van der Waals surface area contributed by atoms with Crippen LogP contribution >= 0.6 is 0 Å². The number of carbonyl (C=O) groups is 2. The molecule has 1 aliphatic rings. The number of amides is 2. The largest absolute Gasteiger partial charge is 0.349 e. The van der Waals surface area contributed by atoms with Gasteiger partial charge in [0, 0.05) is 5.69 Å². The van der Waals surface area contributed by atoms with Crippen molar-refractivity contribution >= 4 is 17.5 Å². The predicted molar refractivity (Wildman–Crippen MR) is 109 cm³/mol. The van der Waals surface area contributed by atoms with E-state index in [0.717, 1.165) is 17.5 Å². The maximum atomic E-state index is 12.4. The van der Waals surface area contributed by atoms with Crippen molar-refractivity contribution in [1.82, 2.24) is 5.32 Å². The number of hydrogen-bond donors (Lipinski definition) is 2. The van der Waals surface area contributed by atoms with E-state index in [1.165, 1.54) is 36.5 Å². The first kappa shape index (κ1) is 18.9. The maximum absolute atomic E-state index is 12.4. The van der Waals surface area contributed by atoms with Crippen LogP contribution in [0.3, 0.4) is 0 Å². The van der Waals surface area contributed by atoms with Gasteiger partial charge in [0.1, 0.15) is 0 Å². The van der Waals surface area contributed by atoms with Crippen LogP contribution in [0.15, 0.2) is 55.1 Å². The number of carbonyl (C=O) groups excluding carboxylic acids is 2. The van der Waals surface area contributed by atoms with Gasteiger partial charge >= 0.3 is 0 Å². The zero-order valence-electron chi connectivity index (χ0n) is 15.8. The van der Waals surface area contributed by atoms with Gasteiger partial charge in [0.25, 0.3) is 0 Å². The Morgan fingerprint density at radius 2 is 1.78 bits per heavy atom. The smallest absolute Gasteiger partial charge is 0.247 e. The average Bonchev–Trinajstić information content (AvgIpc) is 2.68. The Hall–Kier alpha value is -2.88. The lowest BCUT2D eigenvalue weighted by atomic mass is 9.89. The first-order valence-corrected chi connectivity index (χ1v) is 9.48. The molecule has 4 heteroatoms. The molecule has 2 amide bonds. The van der Waals surface area contributed by atoms with Crippen LogP contribution in [-0.4, -0.2) is 11.8 Å². The number of hydrogen-bond acceptors (Lipinski definition) is 2. The van der Waals surface area contributed by atoms with E-state index in [-0.39, 0.29) is 17.9 Å². The standard InChI is InChI=1S/C23H26N2O2/c1-3-22(26)25-21-12-8-17(9-13-21)14-23(27)24-16(2)19-11-10-18-6-4-5-7-20(18)15-19/h3,8-13,15-16H,1,4-7,14H2,2H3,(H,24,27)(H,25,26). The normalized spacial score (nSPS) is 14.0. The third kappa shape index (κ3) is 5.07. The topological polar surface area (TPSA) is 58.2 Å². The van der Waals surface area contributed by atoms with Crippen LogP contribution < -0.4 is 10.6 Å². The monoisotopic (exact) mass is 362 g/mol. The predicted octanol–water partition coefficient (Wildman–Crippen LogP) is 4.11. The summed E-state index contributed by atoms with van der Waals surface area (Å²) >= 11 is 0. The Balaban J connectivity index is 1.57. The van der Waals surface area contributed by atoms with Gasteiger partial charge in [0.2, 0.25) is 11.8 Å². The van der Waals surface area contributed by atoms with Crippen LogP contribution in [0.1, 0.15) is 48.1 Å². The van der Waals surface area contributed by atoms with Crippen molar-refractivity contribution in [2.24, 2.45) is 0 Å². The van der Waals surface area contributed by atoms with E-state index in [1.54, 1.807) is 12.1 Å². The maximum Gasteiger partial charge on any atom is 0.247 e. The number of aryl methyl sites for hydroxylation is 2. The summed E-state index contributed by atoms with van der Waals surface area (Å²) in [7, 11) is 0. The first-order valence-electron chi connectivity index (χ1n) is 9.48. The van der Waals surface area contributed by atoms with Crippen molar-refractivity contribution in [1.29, 1.82) is 0 Å². The quantitative estimate of drug-likeness (QED) is 0.760. The molecule has 140 valence electrons. The van der Waals surface area contributed by atoms with E-state index in [4.69, 9.17) is 0 Å². The summed E-state index contributed by atoms with van der Waals surface area (Å²) in [6, 6.07) is 13.8.